The summed E-state index contributed by atoms with van der Waals surface area (Å²) in [5.74, 6) is -0.109. The third-order valence-electron chi connectivity index (χ3n) is 4.89. The maximum Gasteiger partial charge on any atom is 0.330 e. The molecule has 1 aromatic carbocycles. The first kappa shape index (κ1) is 19.1. The van der Waals surface area contributed by atoms with Crippen LogP contribution in [0.15, 0.2) is 58.8 Å². The van der Waals surface area contributed by atoms with Gasteiger partial charge in [0.1, 0.15) is 0 Å². The van der Waals surface area contributed by atoms with Gasteiger partial charge in [0.2, 0.25) is 0 Å². The molecule has 1 N–H and O–H groups in total. The lowest BCUT2D eigenvalue weighted by molar-refractivity contribution is 0.0956. The molecule has 6 nitrogen and oxygen atoms in total. The fourth-order valence-electron chi connectivity index (χ4n) is 3.46. The average Bonchev–Trinajstić information content (AvgIpc) is 3.25. The van der Waals surface area contributed by atoms with Gasteiger partial charge in [-0.25, -0.2) is 9.78 Å². The monoisotopic (exact) mass is 406 g/mol. The summed E-state index contributed by atoms with van der Waals surface area (Å²) < 4.78 is 3.37. The van der Waals surface area contributed by atoms with Crippen molar-refractivity contribution in [2.24, 2.45) is 0 Å². The largest absolute Gasteiger partial charge is 0.350 e. The van der Waals surface area contributed by atoms with Crippen LogP contribution in [0.2, 0.25) is 0 Å². The van der Waals surface area contributed by atoms with E-state index in [2.05, 4.69) is 16.4 Å². The minimum absolute atomic E-state index is 0.109. The lowest BCUT2D eigenvalue weighted by atomic mass is 10.1. The smallest absolute Gasteiger partial charge is 0.330 e. The summed E-state index contributed by atoms with van der Waals surface area (Å²) in [6.07, 6.45) is 1.68. The second-order valence-electron chi connectivity index (χ2n) is 7.04. The van der Waals surface area contributed by atoms with Gasteiger partial charge in [-0.05, 0) is 48.6 Å². The molecule has 0 spiro atoms. The van der Waals surface area contributed by atoms with Crippen molar-refractivity contribution in [2.45, 2.75) is 26.9 Å². The van der Waals surface area contributed by atoms with Crippen LogP contribution in [0.25, 0.3) is 11.2 Å². The minimum atomic E-state index is -0.123. The summed E-state index contributed by atoms with van der Waals surface area (Å²) in [5.41, 5.74) is 4.48. The van der Waals surface area contributed by atoms with Gasteiger partial charge < -0.3 is 5.32 Å². The fourth-order valence-corrected chi connectivity index (χ4v) is 4.30. The van der Waals surface area contributed by atoms with Crippen LogP contribution in [0.4, 0.5) is 0 Å². The zero-order valence-corrected chi connectivity index (χ0v) is 17.2. The van der Waals surface area contributed by atoms with Crippen molar-refractivity contribution in [2.75, 3.05) is 6.54 Å². The van der Waals surface area contributed by atoms with Crippen LogP contribution in [-0.2, 0) is 13.1 Å². The van der Waals surface area contributed by atoms with Crippen LogP contribution in [0.3, 0.4) is 0 Å². The van der Waals surface area contributed by atoms with Gasteiger partial charge in [0.05, 0.1) is 16.9 Å². The number of rotatable bonds is 6. The zero-order chi connectivity index (χ0) is 20.4. The first-order valence-corrected chi connectivity index (χ1v) is 10.3. The van der Waals surface area contributed by atoms with Crippen LogP contribution in [0.5, 0.6) is 0 Å². The molecule has 0 fully saturated rings. The standard InChI is InChI=1S/C22H22N4O2S/c1-15-5-3-6-17(13-15)14-26-18-7-4-9-23-20(18)25(22(26)28)11-10-24-21(27)19-16(2)8-12-29-19/h3-9,12-13H,10-11,14H2,1-2H3,(H,24,27). The van der Waals surface area contributed by atoms with E-state index in [0.29, 0.717) is 30.2 Å². The fraction of sp³-hybridized carbons (Fsp3) is 0.227. The second kappa shape index (κ2) is 8.05. The molecule has 1 amide bonds. The quantitative estimate of drug-likeness (QED) is 0.534. The third-order valence-corrected chi connectivity index (χ3v) is 5.90. The molecule has 4 aromatic rings. The Kier molecular flexibility index (Phi) is 5.31. The normalized spacial score (nSPS) is 11.1. The molecule has 0 aliphatic rings. The molecule has 0 atom stereocenters. The highest BCUT2D eigenvalue weighted by molar-refractivity contribution is 7.12. The molecular weight excluding hydrogens is 384 g/mol. The van der Waals surface area contributed by atoms with Gasteiger partial charge in [-0.3, -0.25) is 13.9 Å². The van der Waals surface area contributed by atoms with Crippen molar-refractivity contribution in [3.63, 3.8) is 0 Å². The van der Waals surface area contributed by atoms with Gasteiger partial charge in [-0.1, -0.05) is 29.8 Å². The van der Waals surface area contributed by atoms with Crippen molar-refractivity contribution < 1.29 is 4.79 Å². The van der Waals surface area contributed by atoms with E-state index in [0.717, 1.165) is 22.2 Å². The van der Waals surface area contributed by atoms with Crippen molar-refractivity contribution in [3.05, 3.63) is 86.1 Å². The number of pyridine rings is 1. The Hall–Kier alpha value is -3.19. The third kappa shape index (κ3) is 3.86. The Morgan fingerprint density at radius 1 is 1.14 bits per heavy atom. The molecular formula is C22H22N4O2S. The number of benzene rings is 1. The lowest BCUT2D eigenvalue weighted by Crippen LogP contribution is -2.31. The molecule has 7 heteroatoms. The van der Waals surface area contributed by atoms with E-state index in [1.165, 1.54) is 11.3 Å². The maximum absolute atomic E-state index is 13.1. The molecule has 0 unspecified atom stereocenters. The van der Waals surface area contributed by atoms with E-state index in [1.807, 2.05) is 55.6 Å². The first-order valence-electron chi connectivity index (χ1n) is 9.46. The average molecular weight is 407 g/mol. The molecule has 0 bridgehead atoms. The van der Waals surface area contributed by atoms with E-state index in [1.54, 1.807) is 15.3 Å². The summed E-state index contributed by atoms with van der Waals surface area (Å²) in [5, 5.41) is 4.81. The lowest BCUT2D eigenvalue weighted by Gasteiger charge is -2.06. The number of nitrogens with zero attached hydrogens (tertiary/aromatic N) is 3. The van der Waals surface area contributed by atoms with Crippen molar-refractivity contribution in [1.82, 2.24) is 19.4 Å². The van der Waals surface area contributed by atoms with Crippen LogP contribution < -0.4 is 11.0 Å². The van der Waals surface area contributed by atoms with Crippen LogP contribution in [0.1, 0.15) is 26.4 Å². The van der Waals surface area contributed by atoms with E-state index in [4.69, 9.17) is 0 Å². The molecule has 29 heavy (non-hydrogen) atoms. The van der Waals surface area contributed by atoms with Crippen molar-refractivity contribution >= 4 is 28.4 Å². The second-order valence-corrected chi connectivity index (χ2v) is 7.96. The zero-order valence-electron chi connectivity index (χ0n) is 16.4. The Balaban J connectivity index is 1.58. The molecule has 0 radical (unpaired) electrons. The van der Waals surface area contributed by atoms with Crippen molar-refractivity contribution in [1.29, 1.82) is 0 Å². The maximum atomic E-state index is 13.1. The van der Waals surface area contributed by atoms with Crippen molar-refractivity contribution in [3.8, 4) is 0 Å². The van der Waals surface area contributed by atoms with Gasteiger partial charge in [-0.15, -0.1) is 11.3 Å². The van der Waals surface area contributed by atoms with Gasteiger partial charge in [0, 0.05) is 19.3 Å². The van der Waals surface area contributed by atoms with E-state index in [9.17, 15) is 9.59 Å². The Morgan fingerprint density at radius 3 is 2.76 bits per heavy atom. The van der Waals surface area contributed by atoms with Gasteiger partial charge in [0.25, 0.3) is 5.91 Å². The topological polar surface area (TPSA) is 68.9 Å². The number of thiophene rings is 1. The molecule has 3 aromatic heterocycles. The van der Waals surface area contributed by atoms with Crippen LogP contribution >= 0.6 is 11.3 Å². The number of carbonyl (C=O) groups is 1. The van der Waals surface area contributed by atoms with Crippen LogP contribution in [0, 0.1) is 13.8 Å². The summed E-state index contributed by atoms with van der Waals surface area (Å²) in [6.45, 7) is 5.16. The van der Waals surface area contributed by atoms with Crippen LogP contribution in [-0.4, -0.2) is 26.6 Å². The molecule has 4 rings (SSSR count). The number of imidazole rings is 1. The molecule has 0 aliphatic heterocycles. The number of fused-ring (bicyclic) bond motifs is 1. The molecule has 3 heterocycles. The highest BCUT2D eigenvalue weighted by atomic mass is 32.1. The van der Waals surface area contributed by atoms with Gasteiger partial charge in [-0.2, -0.15) is 0 Å². The minimum Gasteiger partial charge on any atom is -0.350 e. The number of hydrogen-bond acceptors (Lipinski definition) is 4. The highest BCUT2D eigenvalue weighted by Gasteiger charge is 2.15. The number of amides is 1. The Bertz CT molecular complexity index is 1240. The van der Waals surface area contributed by atoms with Gasteiger partial charge in [0.15, 0.2) is 5.65 Å². The van der Waals surface area contributed by atoms with Gasteiger partial charge >= 0.3 is 5.69 Å². The number of aryl methyl sites for hydroxylation is 2. The van der Waals surface area contributed by atoms with E-state index >= 15 is 0 Å². The predicted octanol–water partition coefficient (Wildman–Crippen LogP) is 3.35. The number of aromatic nitrogens is 3. The van der Waals surface area contributed by atoms with E-state index < -0.39 is 0 Å². The number of carbonyl (C=O) groups excluding carboxylic acids is 1. The molecule has 148 valence electrons. The SMILES string of the molecule is Cc1cccc(Cn2c(=O)n(CCNC(=O)c3sccc3C)c3ncccc32)c1. The summed E-state index contributed by atoms with van der Waals surface area (Å²) >= 11 is 1.42. The first-order chi connectivity index (χ1) is 14.0. The van der Waals surface area contributed by atoms with E-state index in [-0.39, 0.29) is 11.6 Å². The Labute approximate surface area is 172 Å². The molecule has 0 saturated carbocycles. The number of nitrogens with one attached hydrogen (secondary N) is 1. The summed E-state index contributed by atoms with van der Waals surface area (Å²) in [4.78, 5) is 30.6. The molecule has 0 saturated heterocycles. The molecule has 0 aliphatic carbocycles. The summed E-state index contributed by atoms with van der Waals surface area (Å²) in [6, 6.07) is 13.8. The summed E-state index contributed by atoms with van der Waals surface area (Å²) in [7, 11) is 0. The highest BCUT2D eigenvalue weighted by Crippen LogP contribution is 2.15. The number of hydrogen-bond donors (Lipinski definition) is 1. The Morgan fingerprint density at radius 2 is 2.00 bits per heavy atom. The predicted molar refractivity (Wildman–Crippen MR) is 116 cm³/mol.